The van der Waals surface area contributed by atoms with Gasteiger partial charge in [0.2, 0.25) is 11.9 Å². The lowest BCUT2D eigenvalue weighted by Crippen LogP contribution is -2.29. The highest BCUT2D eigenvalue weighted by atomic mass is 16.5. The summed E-state index contributed by atoms with van der Waals surface area (Å²) in [4.78, 5) is 45.5. The molecule has 1 aromatic carbocycles. The molecule has 3 aromatic rings. The molecule has 0 fully saturated rings. The van der Waals surface area contributed by atoms with Crippen molar-refractivity contribution >= 4 is 46.4 Å². The van der Waals surface area contributed by atoms with Gasteiger partial charge in [0.1, 0.15) is 11.3 Å². The molecule has 0 bridgehead atoms. The molecule has 0 spiro atoms. The number of benzene rings is 1. The number of nitrogens with one attached hydrogen (secondary N) is 2. The average molecular weight is 620 g/mol. The third-order valence-corrected chi connectivity index (χ3v) is 7.28. The highest BCUT2D eigenvalue weighted by molar-refractivity contribution is 6.02. The van der Waals surface area contributed by atoms with Crippen LogP contribution < -0.4 is 25.2 Å². The fraction of sp³-hybridized carbons (Fsp3) is 0.424. The van der Waals surface area contributed by atoms with E-state index in [0.29, 0.717) is 31.0 Å². The summed E-state index contributed by atoms with van der Waals surface area (Å²) >= 11 is 0. The number of hydrogen-bond acceptors (Lipinski definition) is 11. The number of amides is 1. The van der Waals surface area contributed by atoms with Gasteiger partial charge in [-0.25, -0.2) is 9.78 Å². The molecule has 1 aliphatic heterocycles. The predicted molar refractivity (Wildman–Crippen MR) is 179 cm³/mol. The first-order valence-corrected chi connectivity index (χ1v) is 14.7. The van der Waals surface area contributed by atoms with Crippen molar-refractivity contribution in [3.63, 3.8) is 0 Å². The largest absolute Gasteiger partial charge is 0.494 e. The highest BCUT2D eigenvalue weighted by Crippen LogP contribution is 2.44. The molecule has 45 heavy (non-hydrogen) atoms. The van der Waals surface area contributed by atoms with Crippen LogP contribution in [0.1, 0.15) is 53.6 Å². The van der Waals surface area contributed by atoms with Crippen LogP contribution >= 0.6 is 0 Å². The summed E-state index contributed by atoms with van der Waals surface area (Å²) in [7, 11) is 2.90. The van der Waals surface area contributed by atoms with Crippen LogP contribution in [0.2, 0.25) is 0 Å². The monoisotopic (exact) mass is 619 g/mol. The van der Waals surface area contributed by atoms with Crippen molar-refractivity contribution in [1.82, 2.24) is 19.9 Å². The number of rotatable bonds is 12. The van der Waals surface area contributed by atoms with E-state index >= 15 is 0 Å². The molecule has 4 rings (SSSR count). The summed E-state index contributed by atoms with van der Waals surface area (Å²) < 4.78 is 34.5. The Kier molecular flexibility index (Phi) is 8.72. The van der Waals surface area contributed by atoms with Gasteiger partial charge >= 0.3 is 5.97 Å². The average Bonchev–Trinajstić information content (AvgIpc) is 3.25. The maximum atomic E-state index is 13.3. The molecule has 0 aliphatic carbocycles. The van der Waals surface area contributed by atoms with E-state index in [1.165, 1.54) is 12.3 Å². The first-order chi connectivity index (χ1) is 22.4. The van der Waals surface area contributed by atoms with E-state index in [9.17, 15) is 9.59 Å². The van der Waals surface area contributed by atoms with Crippen molar-refractivity contribution in [1.29, 1.82) is 0 Å². The number of fused-ring (bicyclic) bond motifs is 1. The number of methoxy groups -OCH3 is 1. The third-order valence-electron chi connectivity index (χ3n) is 7.28. The van der Waals surface area contributed by atoms with Crippen molar-refractivity contribution in [3.05, 3.63) is 60.1 Å². The fourth-order valence-corrected chi connectivity index (χ4v) is 5.01. The van der Waals surface area contributed by atoms with E-state index in [1.54, 1.807) is 19.9 Å². The predicted octanol–water partition coefficient (Wildman–Crippen LogP) is 5.05. The van der Waals surface area contributed by atoms with Crippen LogP contribution in [0.5, 0.6) is 5.75 Å². The Morgan fingerprint density at radius 2 is 1.93 bits per heavy atom. The molecule has 0 unspecified atom stereocenters. The van der Waals surface area contributed by atoms with Crippen LogP contribution in [0.4, 0.5) is 34.5 Å². The van der Waals surface area contributed by atoms with Crippen molar-refractivity contribution in [2.45, 2.75) is 46.1 Å². The lowest BCUT2D eigenvalue weighted by Gasteiger charge is -2.26. The summed E-state index contributed by atoms with van der Waals surface area (Å²) in [5, 5.41) is 5.87. The Morgan fingerprint density at radius 1 is 1.18 bits per heavy atom. The molecule has 12 heteroatoms. The molecule has 240 valence electrons. The molecule has 0 saturated carbocycles. The second-order valence-corrected chi connectivity index (χ2v) is 12.2. The Bertz CT molecular complexity index is 1690. The van der Waals surface area contributed by atoms with E-state index in [4.69, 9.17) is 23.6 Å². The number of aromatic nitrogens is 3. The molecule has 0 atom stereocenters. The standard InChI is InChI=1S/C33H44N8O4/c1-11-28(42)36-23-16-24(27(44-10)17-26(23)40(9)15-14-39(7)8)37-32-34-18-22(31(43)45-20(2)3)30(38-32)41-19-33(5,6)29-25(41)13-12-21(4)35-29/h11-13,16-18,20H,1,14-15,19H2,2-10H3,(H,36,42)(H,34,37,38)/i10D3. The number of esters is 1. The molecule has 0 saturated heterocycles. The highest BCUT2D eigenvalue weighted by Gasteiger charge is 2.39. The first kappa shape index (κ1) is 29.0. The van der Waals surface area contributed by atoms with Gasteiger partial charge < -0.3 is 34.8 Å². The van der Waals surface area contributed by atoms with E-state index in [0.717, 1.165) is 23.2 Å². The molecular formula is C33H44N8O4. The van der Waals surface area contributed by atoms with Gasteiger partial charge in [0, 0.05) is 50.1 Å². The van der Waals surface area contributed by atoms with Gasteiger partial charge in [-0.15, -0.1) is 0 Å². The van der Waals surface area contributed by atoms with Gasteiger partial charge in [-0.2, -0.15) is 4.98 Å². The zero-order chi connectivity index (χ0) is 35.6. The number of ether oxygens (including phenoxy) is 2. The minimum Gasteiger partial charge on any atom is -0.494 e. The van der Waals surface area contributed by atoms with Crippen LogP contribution in [0.25, 0.3) is 0 Å². The van der Waals surface area contributed by atoms with E-state index in [1.807, 2.05) is 54.9 Å². The number of hydrogen-bond donors (Lipinski definition) is 2. The normalized spacial score (nSPS) is 14.7. The van der Waals surface area contributed by atoms with Crippen LogP contribution in [-0.2, 0) is 14.9 Å². The van der Waals surface area contributed by atoms with Crippen LogP contribution in [0, 0.1) is 6.92 Å². The Morgan fingerprint density at radius 3 is 2.60 bits per heavy atom. The SMILES string of the molecule is [2H]C([2H])([2H])Oc1cc(N(C)CCN(C)C)c(NC(=O)C=C)cc1Nc1ncc(C(=O)OC(C)C)c(N2CC(C)(C)c3nc(C)ccc32)n1. The van der Waals surface area contributed by atoms with Crippen molar-refractivity contribution in [3.8, 4) is 5.75 Å². The number of anilines is 6. The van der Waals surface area contributed by atoms with Crippen molar-refractivity contribution < 1.29 is 23.2 Å². The minimum atomic E-state index is -2.80. The zero-order valence-electron chi connectivity index (χ0n) is 30.2. The Balaban J connectivity index is 1.86. The lowest BCUT2D eigenvalue weighted by molar-refractivity contribution is -0.111. The van der Waals surface area contributed by atoms with Gasteiger partial charge in [-0.05, 0) is 59.1 Å². The first-order valence-electron chi connectivity index (χ1n) is 16.2. The van der Waals surface area contributed by atoms with Crippen LogP contribution in [-0.4, -0.2) is 85.6 Å². The number of carbonyl (C=O) groups is 2. The van der Waals surface area contributed by atoms with Crippen LogP contribution in [0.15, 0.2) is 43.1 Å². The maximum absolute atomic E-state index is 13.3. The van der Waals surface area contributed by atoms with Gasteiger partial charge in [-0.1, -0.05) is 20.4 Å². The topological polar surface area (TPSA) is 125 Å². The molecular weight excluding hydrogens is 572 g/mol. The minimum absolute atomic E-state index is 0.0286. The molecule has 2 aromatic heterocycles. The smallest absolute Gasteiger partial charge is 0.343 e. The molecule has 12 nitrogen and oxygen atoms in total. The second kappa shape index (κ2) is 13.5. The molecule has 2 N–H and O–H groups in total. The maximum Gasteiger partial charge on any atom is 0.343 e. The molecule has 1 amide bonds. The molecule has 0 radical (unpaired) electrons. The van der Waals surface area contributed by atoms with Gasteiger partial charge in [0.25, 0.3) is 0 Å². The zero-order valence-corrected chi connectivity index (χ0v) is 27.2. The lowest BCUT2D eigenvalue weighted by atomic mass is 9.91. The molecule has 3 heterocycles. The van der Waals surface area contributed by atoms with Crippen molar-refractivity contribution in [2.24, 2.45) is 0 Å². The quantitative estimate of drug-likeness (QED) is 0.209. The summed E-state index contributed by atoms with van der Waals surface area (Å²) in [6.45, 7) is 14.8. The summed E-state index contributed by atoms with van der Waals surface area (Å²) in [5.74, 6) is -0.752. The number of aryl methyl sites for hydroxylation is 1. The van der Waals surface area contributed by atoms with Gasteiger partial charge in [0.05, 0.1) is 45.7 Å². The Hall–Kier alpha value is -4.71. The number of nitrogens with zero attached hydrogens (tertiary/aromatic N) is 6. The number of carbonyl (C=O) groups excluding carboxylic acids is 2. The summed E-state index contributed by atoms with van der Waals surface area (Å²) in [6, 6.07) is 6.93. The van der Waals surface area contributed by atoms with Crippen molar-refractivity contribution in [2.75, 3.05) is 68.2 Å². The van der Waals surface area contributed by atoms with Crippen LogP contribution in [0.3, 0.4) is 0 Å². The third kappa shape index (κ3) is 7.51. The molecule has 1 aliphatic rings. The van der Waals surface area contributed by atoms with E-state index in [2.05, 4.69) is 36.0 Å². The fourth-order valence-electron chi connectivity index (χ4n) is 5.01. The van der Waals surface area contributed by atoms with E-state index < -0.39 is 18.9 Å². The number of pyridine rings is 1. The number of likely N-dealkylation sites (N-methyl/N-ethyl adjacent to an activating group) is 2. The van der Waals surface area contributed by atoms with Gasteiger partial charge in [0.15, 0.2) is 5.82 Å². The van der Waals surface area contributed by atoms with Gasteiger partial charge in [-0.3, -0.25) is 9.78 Å². The van der Waals surface area contributed by atoms with E-state index in [-0.39, 0.29) is 40.3 Å². The Labute approximate surface area is 269 Å². The second-order valence-electron chi connectivity index (χ2n) is 12.2. The summed E-state index contributed by atoms with van der Waals surface area (Å²) in [5.41, 5.74) is 3.35. The summed E-state index contributed by atoms with van der Waals surface area (Å²) in [6.07, 6.45) is 2.13.